The van der Waals surface area contributed by atoms with Crippen LogP contribution in [0.2, 0.25) is 0 Å². The molecule has 1 unspecified atom stereocenters. The van der Waals surface area contributed by atoms with E-state index in [1.807, 2.05) is 11.9 Å². The summed E-state index contributed by atoms with van der Waals surface area (Å²) in [5, 5.41) is 14.5. The third kappa shape index (κ3) is 2.10. The highest BCUT2D eigenvalue weighted by atomic mass is 16.5. The Hall–Kier alpha value is -1.56. The summed E-state index contributed by atoms with van der Waals surface area (Å²) in [6, 6.07) is 0. The highest BCUT2D eigenvalue weighted by Crippen LogP contribution is 2.43. The zero-order valence-electron chi connectivity index (χ0n) is 11.3. The van der Waals surface area contributed by atoms with Crippen LogP contribution in [-0.2, 0) is 11.8 Å². The van der Waals surface area contributed by atoms with Crippen LogP contribution in [0.3, 0.4) is 0 Å². The Morgan fingerprint density at radius 2 is 2.21 bits per heavy atom. The minimum absolute atomic E-state index is 0.105. The topological polar surface area (TPSA) is 67.6 Å². The van der Waals surface area contributed by atoms with Gasteiger partial charge in [-0.1, -0.05) is 0 Å². The summed E-state index contributed by atoms with van der Waals surface area (Å²) in [6.07, 6.45) is 3.31. The summed E-state index contributed by atoms with van der Waals surface area (Å²) in [4.78, 5) is 13.2. The maximum Gasteiger partial charge on any atom is 0.219 e. The van der Waals surface area contributed by atoms with E-state index in [1.165, 1.54) is 0 Å². The molecule has 1 N–H and O–H groups in total. The van der Waals surface area contributed by atoms with Gasteiger partial charge in [0.15, 0.2) is 5.75 Å². The lowest BCUT2D eigenvalue weighted by Gasteiger charge is -2.44. The van der Waals surface area contributed by atoms with Crippen LogP contribution in [0.15, 0.2) is 6.20 Å². The van der Waals surface area contributed by atoms with Gasteiger partial charge in [0.1, 0.15) is 17.4 Å². The van der Waals surface area contributed by atoms with E-state index in [0.29, 0.717) is 31.0 Å². The van der Waals surface area contributed by atoms with Gasteiger partial charge in [-0.05, 0) is 0 Å². The predicted molar refractivity (Wildman–Crippen MR) is 67.6 cm³/mol. The fraction of sp³-hybridized carbons (Fsp3) is 0.692. The lowest BCUT2D eigenvalue weighted by molar-refractivity contribution is -0.133. The zero-order chi connectivity index (χ0) is 13.6. The number of carbonyl (C=O) groups excluding carboxylic acids is 1. The molecule has 6 heteroatoms. The van der Waals surface area contributed by atoms with Gasteiger partial charge in [-0.2, -0.15) is 5.10 Å². The number of aliphatic hydroxyl groups is 1. The van der Waals surface area contributed by atoms with Crippen molar-refractivity contribution in [2.75, 3.05) is 13.1 Å². The second kappa shape index (κ2) is 4.23. The number of aromatic nitrogens is 2. The number of aliphatic hydroxyl groups excluding tert-OH is 1. The average Bonchev–Trinajstić information content (AvgIpc) is 2.70. The van der Waals surface area contributed by atoms with Gasteiger partial charge >= 0.3 is 0 Å². The van der Waals surface area contributed by atoms with Crippen molar-refractivity contribution >= 4 is 5.91 Å². The van der Waals surface area contributed by atoms with Crippen molar-refractivity contribution in [3.05, 3.63) is 11.9 Å². The molecular formula is C13H19N3O3. The van der Waals surface area contributed by atoms with Gasteiger partial charge < -0.3 is 14.7 Å². The highest BCUT2D eigenvalue weighted by Gasteiger charge is 2.44. The van der Waals surface area contributed by atoms with E-state index in [9.17, 15) is 9.90 Å². The molecule has 1 aromatic rings. The van der Waals surface area contributed by atoms with Crippen LogP contribution in [0, 0.1) is 0 Å². The number of likely N-dealkylation sites (tertiary alicyclic amines) is 1. The molecule has 1 atom stereocenters. The number of ether oxygens (including phenoxy) is 1. The molecule has 3 heterocycles. The van der Waals surface area contributed by atoms with Gasteiger partial charge in [-0.3, -0.25) is 9.48 Å². The Bertz CT molecular complexity index is 503. The number of hydrogen-bond acceptors (Lipinski definition) is 4. The normalized spacial score (nSPS) is 25.0. The predicted octanol–water partition coefficient (Wildman–Crippen LogP) is 0.617. The fourth-order valence-electron chi connectivity index (χ4n) is 3.05. The Morgan fingerprint density at radius 1 is 1.53 bits per heavy atom. The Balaban J connectivity index is 1.79. The first-order valence-electron chi connectivity index (χ1n) is 6.65. The van der Waals surface area contributed by atoms with Crippen LogP contribution in [0.4, 0.5) is 0 Å². The van der Waals surface area contributed by atoms with Gasteiger partial charge in [0.2, 0.25) is 5.91 Å². The molecule has 2 aliphatic heterocycles. The smallest absolute Gasteiger partial charge is 0.219 e. The molecule has 1 fully saturated rings. The van der Waals surface area contributed by atoms with Crippen LogP contribution >= 0.6 is 0 Å². The summed E-state index contributed by atoms with van der Waals surface area (Å²) >= 11 is 0. The van der Waals surface area contributed by atoms with Crippen molar-refractivity contribution in [1.82, 2.24) is 14.7 Å². The summed E-state index contributed by atoms with van der Waals surface area (Å²) in [5.41, 5.74) is 0.281. The molecule has 1 saturated heterocycles. The van der Waals surface area contributed by atoms with Crippen molar-refractivity contribution in [3.8, 4) is 5.75 Å². The van der Waals surface area contributed by atoms with E-state index in [2.05, 4.69) is 5.10 Å². The van der Waals surface area contributed by atoms with E-state index in [-0.39, 0.29) is 11.5 Å². The number of piperidine rings is 1. The van der Waals surface area contributed by atoms with Crippen LogP contribution in [0.25, 0.3) is 0 Å². The third-order valence-electron chi connectivity index (χ3n) is 4.15. The molecule has 0 radical (unpaired) electrons. The summed E-state index contributed by atoms with van der Waals surface area (Å²) < 4.78 is 7.76. The lowest BCUT2D eigenvalue weighted by Crippen LogP contribution is -2.51. The molecule has 1 amide bonds. The minimum Gasteiger partial charge on any atom is -0.483 e. The first-order valence-corrected chi connectivity index (χ1v) is 6.65. The fourth-order valence-corrected chi connectivity index (χ4v) is 3.05. The van der Waals surface area contributed by atoms with Crippen LogP contribution in [0.1, 0.15) is 38.0 Å². The molecule has 3 rings (SSSR count). The van der Waals surface area contributed by atoms with Gasteiger partial charge in [0.25, 0.3) is 0 Å². The van der Waals surface area contributed by atoms with Crippen LogP contribution in [-0.4, -0.2) is 44.4 Å². The van der Waals surface area contributed by atoms with E-state index in [1.54, 1.807) is 17.8 Å². The van der Waals surface area contributed by atoms with E-state index >= 15 is 0 Å². The average molecular weight is 265 g/mol. The maximum absolute atomic E-state index is 11.4. The molecule has 1 aromatic heterocycles. The van der Waals surface area contributed by atoms with Crippen molar-refractivity contribution in [3.63, 3.8) is 0 Å². The standard InChI is InChI=1S/C13H19N3O3/c1-9(17)16-5-3-13(4-6-16)7-10(18)12-11(19-13)8-15(2)14-12/h8,10,18H,3-7H2,1-2H3. The summed E-state index contributed by atoms with van der Waals surface area (Å²) in [7, 11) is 1.82. The van der Waals surface area contributed by atoms with E-state index in [0.717, 1.165) is 12.8 Å². The minimum atomic E-state index is -0.575. The number of carbonyl (C=O) groups is 1. The molecule has 0 bridgehead atoms. The molecule has 0 saturated carbocycles. The number of nitrogens with zero attached hydrogens (tertiary/aromatic N) is 3. The Morgan fingerprint density at radius 3 is 2.84 bits per heavy atom. The molecule has 1 spiro atoms. The van der Waals surface area contributed by atoms with Crippen LogP contribution < -0.4 is 4.74 Å². The summed E-state index contributed by atoms with van der Waals surface area (Å²) in [5.74, 6) is 0.783. The monoisotopic (exact) mass is 265 g/mol. The van der Waals surface area contributed by atoms with Gasteiger partial charge in [0, 0.05) is 46.3 Å². The Labute approximate surface area is 112 Å². The Kier molecular flexibility index (Phi) is 2.78. The van der Waals surface area contributed by atoms with Crippen LogP contribution in [0.5, 0.6) is 5.75 Å². The van der Waals surface area contributed by atoms with Crippen molar-refractivity contribution in [2.45, 2.75) is 37.9 Å². The first kappa shape index (κ1) is 12.5. The lowest BCUT2D eigenvalue weighted by atomic mass is 9.83. The number of aryl methyl sites for hydroxylation is 1. The van der Waals surface area contributed by atoms with E-state index < -0.39 is 6.10 Å². The van der Waals surface area contributed by atoms with Gasteiger partial charge in [-0.15, -0.1) is 0 Å². The number of fused-ring (bicyclic) bond motifs is 1. The van der Waals surface area contributed by atoms with Gasteiger partial charge in [0.05, 0.1) is 6.20 Å². The SMILES string of the molecule is CC(=O)N1CCC2(CC1)CC(O)c1nn(C)cc1O2. The van der Waals surface area contributed by atoms with E-state index in [4.69, 9.17) is 4.74 Å². The molecule has 2 aliphatic rings. The second-order valence-electron chi connectivity index (χ2n) is 5.56. The second-order valence-corrected chi connectivity index (χ2v) is 5.56. The molecular weight excluding hydrogens is 246 g/mol. The molecule has 104 valence electrons. The van der Waals surface area contributed by atoms with Crippen molar-refractivity contribution in [2.24, 2.45) is 7.05 Å². The zero-order valence-corrected chi connectivity index (χ0v) is 11.3. The van der Waals surface area contributed by atoms with Crippen molar-refractivity contribution < 1.29 is 14.6 Å². The maximum atomic E-state index is 11.4. The quantitative estimate of drug-likeness (QED) is 0.746. The highest BCUT2D eigenvalue weighted by molar-refractivity contribution is 5.73. The summed E-state index contributed by atoms with van der Waals surface area (Å²) in [6.45, 7) is 2.98. The first-order chi connectivity index (χ1) is 8.99. The number of amides is 1. The largest absolute Gasteiger partial charge is 0.483 e. The number of hydrogen-bond donors (Lipinski definition) is 1. The molecule has 0 aliphatic carbocycles. The van der Waals surface area contributed by atoms with Crippen molar-refractivity contribution in [1.29, 1.82) is 0 Å². The molecule has 19 heavy (non-hydrogen) atoms. The van der Waals surface area contributed by atoms with Gasteiger partial charge in [-0.25, -0.2) is 0 Å². The third-order valence-corrected chi connectivity index (χ3v) is 4.15. The molecule has 6 nitrogen and oxygen atoms in total. The molecule has 0 aromatic carbocycles. The number of rotatable bonds is 0.